The minimum Gasteiger partial charge on any atom is -0.0625 e. The molecule has 0 radical (unpaired) electrons. The van der Waals surface area contributed by atoms with Crippen LogP contribution in [0.1, 0.15) is 214 Å². The molecule has 4 aliphatic rings. The molecule has 0 aromatic carbocycles. The summed E-state index contributed by atoms with van der Waals surface area (Å²) in [5.41, 5.74) is 0. The van der Waals surface area contributed by atoms with Crippen LogP contribution in [0, 0.1) is 94.7 Å². The SMILES string of the molecule is CC(C)C1CCCC(C(C)C)C1.CC(C)C1CCCC(C(C)C)C1.CC(C)C1CCCC(C(C)C)C1.CC(C)C1CCCC(C(C)C)C1. The van der Waals surface area contributed by atoms with E-state index in [4.69, 9.17) is 0 Å². The highest BCUT2D eigenvalue weighted by atomic mass is 14.3. The first-order valence-electron chi connectivity index (χ1n) is 22.4. The van der Waals surface area contributed by atoms with Crippen molar-refractivity contribution in [3.05, 3.63) is 0 Å². The molecule has 4 aliphatic carbocycles. The van der Waals surface area contributed by atoms with E-state index in [9.17, 15) is 0 Å². The molecule has 0 saturated heterocycles. The van der Waals surface area contributed by atoms with Crippen molar-refractivity contribution in [2.24, 2.45) is 94.7 Å². The van der Waals surface area contributed by atoms with Crippen LogP contribution < -0.4 is 0 Å². The van der Waals surface area contributed by atoms with Gasteiger partial charge in [-0.25, -0.2) is 0 Å². The van der Waals surface area contributed by atoms with Crippen LogP contribution in [0.2, 0.25) is 0 Å². The highest BCUT2D eigenvalue weighted by Gasteiger charge is 2.28. The zero-order chi connectivity index (χ0) is 36.6. The first kappa shape index (κ1) is 46.0. The first-order valence-corrected chi connectivity index (χ1v) is 22.4. The zero-order valence-corrected chi connectivity index (χ0v) is 36.6. The summed E-state index contributed by atoms with van der Waals surface area (Å²) < 4.78 is 0. The van der Waals surface area contributed by atoms with Crippen LogP contribution in [-0.4, -0.2) is 0 Å². The Bertz CT molecular complexity index is 568. The van der Waals surface area contributed by atoms with Gasteiger partial charge >= 0.3 is 0 Å². The summed E-state index contributed by atoms with van der Waals surface area (Å²) in [6.45, 7) is 38.1. The summed E-state index contributed by atoms with van der Waals surface area (Å²) in [5, 5.41) is 0. The summed E-state index contributed by atoms with van der Waals surface area (Å²) in [7, 11) is 0. The molecular formula is C48H96. The van der Waals surface area contributed by atoms with Crippen LogP contribution in [0.15, 0.2) is 0 Å². The lowest BCUT2D eigenvalue weighted by molar-refractivity contribution is 0.177. The average Bonchev–Trinajstić information content (AvgIpc) is 3.05. The Kier molecular flexibility index (Phi) is 23.3. The monoisotopic (exact) mass is 673 g/mol. The Morgan fingerprint density at radius 1 is 0.208 bits per heavy atom. The van der Waals surface area contributed by atoms with Gasteiger partial charge in [0, 0.05) is 0 Å². The van der Waals surface area contributed by atoms with E-state index >= 15 is 0 Å². The first-order chi connectivity index (χ1) is 22.4. The van der Waals surface area contributed by atoms with Crippen molar-refractivity contribution >= 4 is 0 Å². The number of rotatable bonds is 8. The minimum absolute atomic E-state index is 0.909. The standard InChI is InChI=1S/4C12H24/c4*1-9(2)11-6-5-7-12(8-11)10(3)4/h4*9-12H,5-8H2,1-4H3. The predicted octanol–water partition coefficient (Wildman–Crippen LogP) is 16.4. The van der Waals surface area contributed by atoms with Gasteiger partial charge in [0.05, 0.1) is 0 Å². The van der Waals surface area contributed by atoms with E-state index < -0.39 is 0 Å². The zero-order valence-electron chi connectivity index (χ0n) is 36.6. The highest BCUT2D eigenvalue weighted by Crippen LogP contribution is 2.39. The molecule has 0 heterocycles. The van der Waals surface area contributed by atoms with E-state index in [1.54, 1.807) is 0 Å². The fraction of sp³-hybridized carbons (Fsp3) is 1.00. The van der Waals surface area contributed by atoms with Gasteiger partial charge in [-0.1, -0.05) is 188 Å². The molecule has 8 atom stereocenters. The summed E-state index contributed by atoms with van der Waals surface area (Å²) in [6, 6.07) is 0. The van der Waals surface area contributed by atoms with Crippen LogP contribution in [-0.2, 0) is 0 Å². The Hall–Kier alpha value is 0. The second-order valence-corrected chi connectivity index (χ2v) is 20.7. The van der Waals surface area contributed by atoms with Crippen LogP contribution in [0.25, 0.3) is 0 Å². The third-order valence-corrected chi connectivity index (χ3v) is 14.6. The summed E-state index contributed by atoms with van der Waals surface area (Å²) in [4.78, 5) is 0. The van der Waals surface area contributed by atoms with Crippen molar-refractivity contribution in [3.63, 3.8) is 0 Å². The predicted molar refractivity (Wildman–Crippen MR) is 220 cm³/mol. The largest absolute Gasteiger partial charge is 0.0625 e. The fourth-order valence-corrected chi connectivity index (χ4v) is 9.91. The van der Waals surface area contributed by atoms with E-state index in [1.807, 2.05) is 0 Å². The maximum atomic E-state index is 2.38. The summed E-state index contributed by atoms with van der Waals surface area (Å²) >= 11 is 0. The fourth-order valence-electron chi connectivity index (χ4n) is 9.91. The van der Waals surface area contributed by atoms with Gasteiger partial charge in [-0.15, -0.1) is 0 Å². The quantitative estimate of drug-likeness (QED) is 0.241. The van der Waals surface area contributed by atoms with Crippen molar-refractivity contribution < 1.29 is 0 Å². The van der Waals surface area contributed by atoms with Gasteiger partial charge in [0.15, 0.2) is 0 Å². The smallest absolute Gasteiger partial charge is 0.0388 e. The molecule has 4 fully saturated rings. The Morgan fingerprint density at radius 3 is 0.396 bits per heavy atom. The molecule has 4 saturated carbocycles. The number of hydrogen-bond acceptors (Lipinski definition) is 0. The molecule has 0 bridgehead atoms. The Morgan fingerprint density at radius 2 is 0.312 bits per heavy atom. The van der Waals surface area contributed by atoms with Gasteiger partial charge in [-0.3, -0.25) is 0 Å². The number of hydrogen-bond donors (Lipinski definition) is 0. The second kappa shape index (κ2) is 24.3. The molecule has 8 unspecified atom stereocenters. The summed E-state index contributed by atoms with van der Waals surface area (Å²) in [5.74, 6) is 15.4. The lowest BCUT2D eigenvalue weighted by Gasteiger charge is -2.33. The van der Waals surface area contributed by atoms with Gasteiger partial charge < -0.3 is 0 Å². The molecule has 0 N–H and O–H groups in total. The third kappa shape index (κ3) is 18.0. The molecule has 288 valence electrons. The normalized spacial score (nSPS) is 31.5. The van der Waals surface area contributed by atoms with Crippen molar-refractivity contribution in [1.82, 2.24) is 0 Å². The average molecular weight is 673 g/mol. The Balaban J connectivity index is 0.000000320. The van der Waals surface area contributed by atoms with E-state index in [-0.39, 0.29) is 0 Å². The van der Waals surface area contributed by atoms with E-state index in [1.165, 1.54) is 103 Å². The molecular weight excluding hydrogens is 577 g/mol. The van der Waals surface area contributed by atoms with Crippen molar-refractivity contribution in [2.75, 3.05) is 0 Å². The topological polar surface area (TPSA) is 0 Å². The van der Waals surface area contributed by atoms with E-state index in [0.29, 0.717) is 0 Å². The van der Waals surface area contributed by atoms with Crippen molar-refractivity contribution in [3.8, 4) is 0 Å². The molecule has 0 heteroatoms. The van der Waals surface area contributed by atoms with Crippen LogP contribution >= 0.6 is 0 Å². The maximum absolute atomic E-state index is 2.38. The van der Waals surface area contributed by atoms with Crippen LogP contribution in [0.3, 0.4) is 0 Å². The molecule has 48 heavy (non-hydrogen) atoms. The van der Waals surface area contributed by atoms with Crippen LogP contribution in [0.5, 0.6) is 0 Å². The maximum Gasteiger partial charge on any atom is -0.0388 e. The molecule has 4 rings (SSSR count). The molecule has 0 aromatic rings. The molecule has 0 aromatic heterocycles. The van der Waals surface area contributed by atoms with Crippen LogP contribution in [0.4, 0.5) is 0 Å². The van der Waals surface area contributed by atoms with Gasteiger partial charge in [0.2, 0.25) is 0 Å². The molecule has 0 spiro atoms. The third-order valence-electron chi connectivity index (χ3n) is 14.6. The summed E-state index contributed by atoms with van der Waals surface area (Å²) in [6.07, 6.45) is 23.8. The van der Waals surface area contributed by atoms with Gasteiger partial charge in [-0.2, -0.15) is 0 Å². The molecule has 0 aliphatic heterocycles. The minimum atomic E-state index is 0.909. The van der Waals surface area contributed by atoms with E-state index in [2.05, 4.69) is 111 Å². The lowest BCUT2D eigenvalue weighted by atomic mass is 9.72. The van der Waals surface area contributed by atoms with Crippen molar-refractivity contribution in [2.45, 2.75) is 214 Å². The molecule has 0 amide bonds. The van der Waals surface area contributed by atoms with Gasteiger partial charge in [-0.05, 0) is 120 Å². The van der Waals surface area contributed by atoms with E-state index in [0.717, 1.165) is 94.7 Å². The van der Waals surface area contributed by atoms with Gasteiger partial charge in [0.1, 0.15) is 0 Å². The molecule has 0 nitrogen and oxygen atoms in total. The lowest BCUT2D eigenvalue weighted by Crippen LogP contribution is -2.22. The van der Waals surface area contributed by atoms with Crippen molar-refractivity contribution in [1.29, 1.82) is 0 Å². The Labute approximate surface area is 307 Å². The van der Waals surface area contributed by atoms with Gasteiger partial charge in [0.25, 0.3) is 0 Å². The second-order valence-electron chi connectivity index (χ2n) is 20.7. The highest BCUT2D eigenvalue weighted by molar-refractivity contribution is 4.79.